The van der Waals surface area contributed by atoms with Gasteiger partial charge in [0.1, 0.15) is 17.4 Å². The van der Waals surface area contributed by atoms with Gasteiger partial charge in [0.05, 0.1) is 11.3 Å². The lowest BCUT2D eigenvalue weighted by molar-refractivity contribution is 0.582. The molecule has 0 aliphatic carbocycles. The summed E-state index contributed by atoms with van der Waals surface area (Å²) in [6, 6.07) is 12.6. The molecule has 116 valence electrons. The van der Waals surface area contributed by atoms with Crippen molar-refractivity contribution in [1.82, 2.24) is 14.6 Å². The van der Waals surface area contributed by atoms with Crippen molar-refractivity contribution in [2.24, 2.45) is 0 Å². The van der Waals surface area contributed by atoms with Gasteiger partial charge in [-0.05, 0) is 36.4 Å². The molecule has 0 saturated heterocycles. The molecular weight excluding hydrogens is 347 g/mol. The fourth-order valence-electron chi connectivity index (χ4n) is 2.48. The van der Waals surface area contributed by atoms with Crippen molar-refractivity contribution < 1.29 is 4.42 Å². The summed E-state index contributed by atoms with van der Waals surface area (Å²) in [6.07, 6.45) is 3.29. The summed E-state index contributed by atoms with van der Waals surface area (Å²) in [4.78, 5) is 4.47. The Morgan fingerprint density at radius 3 is 2.71 bits per heavy atom. The van der Waals surface area contributed by atoms with E-state index < -0.39 is 0 Å². The molecule has 4 rings (SSSR count). The van der Waals surface area contributed by atoms with Crippen LogP contribution in [-0.2, 0) is 0 Å². The van der Waals surface area contributed by atoms with Crippen LogP contribution in [-0.4, -0.2) is 14.6 Å². The highest BCUT2D eigenvalue weighted by Crippen LogP contribution is 2.31. The number of benzene rings is 1. The second kappa shape index (κ2) is 5.68. The van der Waals surface area contributed by atoms with Crippen molar-refractivity contribution in [3.8, 4) is 28.8 Å². The van der Waals surface area contributed by atoms with Gasteiger partial charge in [-0.3, -0.25) is 0 Å². The van der Waals surface area contributed by atoms with Crippen molar-refractivity contribution in [3.63, 3.8) is 0 Å². The number of hydrogen-bond donors (Lipinski definition) is 0. The van der Waals surface area contributed by atoms with Gasteiger partial charge in [0.2, 0.25) is 0 Å². The normalized spacial score (nSPS) is 10.9. The lowest BCUT2D eigenvalue weighted by Crippen LogP contribution is -1.93. The molecule has 0 radical (unpaired) electrons. The molecule has 0 aliphatic rings. The van der Waals surface area contributed by atoms with Crippen LogP contribution < -0.4 is 0 Å². The van der Waals surface area contributed by atoms with Gasteiger partial charge >= 0.3 is 0 Å². The predicted octanol–water partition coefficient (Wildman–Crippen LogP) is 4.83. The minimum absolute atomic E-state index is 0.385. The molecule has 3 aromatic heterocycles. The summed E-state index contributed by atoms with van der Waals surface area (Å²) < 4.78 is 6.94. The Morgan fingerprint density at radius 2 is 2.00 bits per heavy atom. The molecule has 5 nitrogen and oxygen atoms in total. The van der Waals surface area contributed by atoms with E-state index in [4.69, 9.17) is 27.6 Å². The van der Waals surface area contributed by atoms with E-state index in [0.29, 0.717) is 44.0 Å². The minimum atomic E-state index is 0.385. The molecule has 4 aromatic rings. The Labute approximate surface area is 146 Å². The van der Waals surface area contributed by atoms with Gasteiger partial charge in [0.15, 0.2) is 11.5 Å². The standard InChI is InChI=1S/C17H8Cl2N4O/c18-10-3-4-12(14(19)8-10)16-21-17-13(9-20)11(5-6-23(17)22-16)15-2-1-7-24-15/h1-8H. The van der Waals surface area contributed by atoms with Gasteiger partial charge in [0, 0.05) is 22.3 Å². The first-order valence-corrected chi connectivity index (χ1v) is 7.72. The smallest absolute Gasteiger partial charge is 0.183 e. The van der Waals surface area contributed by atoms with Crippen LogP contribution in [0.25, 0.3) is 28.4 Å². The second-order valence-corrected chi connectivity index (χ2v) is 5.86. The van der Waals surface area contributed by atoms with E-state index in [2.05, 4.69) is 16.2 Å². The predicted molar refractivity (Wildman–Crippen MR) is 90.9 cm³/mol. The van der Waals surface area contributed by atoms with Crippen molar-refractivity contribution in [2.45, 2.75) is 0 Å². The monoisotopic (exact) mass is 354 g/mol. The zero-order valence-electron chi connectivity index (χ0n) is 12.1. The van der Waals surface area contributed by atoms with E-state index in [-0.39, 0.29) is 0 Å². The third kappa shape index (κ3) is 2.33. The number of nitriles is 1. The Bertz CT molecular complexity index is 1090. The summed E-state index contributed by atoms with van der Waals surface area (Å²) in [6.45, 7) is 0. The van der Waals surface area contributed by atoms with Crippen LogP contribution in [0.1, 0.15) is 5.56 Å². The number of hydrogen-bond acceptors (Lipinski definition) is 4. The summed E-state index contributed by atoms with van der Waals surface area (Å²) in [5, 5.41) is 15.0. The topological polar surface area (TPSA) is 67.1 Å². The van der Waals surface area contributed by atoms with Crippen molar-refractivity contribution in [2.75, 3.05) is 0 Å². The van der Waals surface area contributed by atoms with Crippen molar-refractivity contribution in [1.29, 1.82) is 5.26 Å². The molecule has 3 heterocycles. The van der Waals surface area contributed by atoms with Gasteiger partial charge in [-0.25, -0.2) is 9.50 Å². The minimum Gasteiger partial charge on any atom is -0.464 e. The van der Waals surface area contributed by atoms with E-state index in [1.54, 1.807) is 53.4 Å². The second-order valence-electron chi connectivity index (χ2n) is 5.02. The molecule has 0 aliphatic heterocycles. The Hall–Kier alpha value is -2.81. The zero-order chi connectivity index (χ0) is 16.7. The van der Waals surface area contributed by atoms with E-state index in [9.17, 15) is 5.26 Å². The molecule has 0 N–H and O–H groups in total. The first-order chi connectivity index (χ1) is 11.7. The molecule has 0 unspecified atom stereocenters. The lowest BCUT2D eigenvalue weighted by atomic mass is 10.1. The molecule has 0 spiro atoms. The van der Waals surface area contributed by atoms with E-state index in [1.165, 1.54) is 0 Å². The molecule has 1 aromatic carbocycles. The van der Waals surface area contributed by atoms with Gasteiger partial charge in [-0.15, -0.1) is 5.10 Å². The molecule has 24 heavy (non-hydrogen) atoms. The van der Waals surface area contributed by atoms with Crippen LogP contribution in [0.3, 0.4) is 0 Å². The molecule has 0 amide bonds. The third-order valence-electron chi connectivity index (χ3n) is 3.58. The lowest BCUT2D eigenvalue weighted by Gasteiger charge is -2.00. The van der Waals surface area contributed by atoms with Crippen LogP contribution in [0, 0.1) is 11.3 Å². The van der Waals surface area contributed by atoms with E-state index in [0.717, 1.165) is 0 Å². The number of pyridine rings is 1. The van der Waals surface area contributed by atoms with Gasteiger partial charge in [0.25, 0.3) is 0 Å². The van der Waals surface area contributed by atoms with Crippen molar-refractivity contribution >= 4 is 28.8 Å². The van der Waals surface area contributed by atoms with Crippen LogP contribution in [0.5, 0.6) is 0 Å². The number of rotatable bonds is 2. The van der Waals surface area contributed by atoms with Crippen LogP contribution >= 0.6 is 23.2 Å². The van der Waals surface area contributed by atoms with Gasteiger partial charge < -0.3 is 4.42 Å². The number of halogens is 2. The molecule has 0 saturated carbocycles. The van der Waals surface area contributed by atoms with Gasteiger partial charge in [-0.1, -0.05) is 23.2 Å². The number of fused-ring (bicyclic) bond motifs is 1. The number of nitrogens with zero attached hydrogens (tertiary/aromatic N) is 4. The summed E-state index contributed by atoms with van der Waals surface area (Å²) in [5.74, 6) is 1.02. The van der Waals surface area contributed by atoms with Crippen LogP contribution in [0.2, 0.25) is 10.0 Å². The Balaban J connectivity index is 1.94. The quantitative estimate of drug-likeness (QED) is 0.516. The molecule has 7 heteroatoms. The SMILES string of the molecule is N#Cc1c(-c2ccco2)ccn2nc(-c3ccc(Cl)cc3Cl)nc12. The maximum absolute atomic E-state index is 9.57. The molecule has 0 bridgehead atoms. The maximum atomic E-state index is 9.57. The molecule has 0 fully saturated rings. The average molecular weight is 355 g/mol. The summed E-state index contributed by atoms with van der Waals surface area (Å²) in [5.41, 5.74) is 2.13. The Morgan fingerprint density at radius 1 is 1.12 bits per heavy atom. The highest BCUT2D eigenvalue weighted by atomic mass is 35.5. The Kier molecular flexibility index (Phi) is 3.49. The largest absolute Gasteiger partial charge is 0.464 e. The maximum Gasteiger partial charge on any atom is 0.183 e. The average Bonchev–Trinajstić information content (AvgIpc) is 3.23. The first kappa shape index (κ1) is 14.8. The molecule has 0 atom stereocenters. The zero-order valence-corrected chi connectivity index (χ0v) is 13.6. The van der Waals surface area contributed by atoms with Crippen LogP contribution in [0.4, 0.5) is 0 Å². The number of aromatic nitrogens is 3. The fourth-order valence-corrected chi connectivity index (χ4v) is 2.97. The van der Waals surface area contributed by atoms with Gasteiger partial charge in [-0.2, -0.15) is 5.26 Å². The summed E-state index contributed by atoms with van der Waals surface area (Å²) in [7, 11) is 0. The molecular formula is C17H8Cl2N4O. The number of furan rings is 1. The highest BCUT2D eigenvalue weighted by molar-refractivity contribution is 6.36. The van der Waals surface area contributed by atoms with Crippen LogP contribution in [0.15, 0.2) is 53.3 Å². The van der Waals surface area contributed by atoms with E-state index in [1.807, 2.05) is 0 Å². The van der Waals surface area contributed by atoms with E-state index >= 15 is 0 Å². The fraction of sp³-hybridized carbons (Fsp3) is 0. The summed E-state index contributed by atoms with van der Waals surface area (Å²) >= 11 is 12.1. The highest BCUT2D eigenvalue weighted by Gasteiger charge is 2.17. The third-order valence-corrected chi connectivity index (χ3v) is 4.12. The first-order valence-electron chi connectivity index (χ1n) is 6.96. The van der Waals surface area contributed by atoms with Crippen molar-refractivity contribution in [3.05, 3.63) is 64.5 Å².